The van der Waals surface area contributed by atoms with E-state index in [-0.39, 0.29) is 0 Å². The van der Waals surface area contributed by atoms with Crippen molar-refractivity contribution < 1.29 is 0 Å². The van der Waals surface area contributed by atoms with Gasteiger partial charge in [0.05, 0.1) is 0 Å². The Morgan fingerprint density at radius 1 is 0.519 bits per heavy atom. The summed E-state index contributed by atoms with van der Waals surface area (Å²) in [7, 11) is 0. The van der Waals surface area contributed by atoms with Crippen LogP contribution < -0.4 is 0 Å². The SMILES string of the molecule is C=CCc1ccccc1.C=Cc1ccccc1.C=Cc1ccccc1C=C. The molecule has 0 saturated carbocycles. The second kappa shape index (κ2) is 13.9. The van der Waals surface area contributed by atoms with E-state index in [1.165, 1.54) is 11.1 Å². The normalized spacial score (nSPS) is 8.74. The standard InChI is InChI=1S/C10H10.C9H10.C8H8/c1-3-9-7-5-6-8-10(9)4-2;1-2-6-9-7-4-3-5-8-9;1-2-8-6-4-3-5-7-8/h3-8H,1-2H2;2-5,7-8H,1,6H2;2-7H,1H2. The maximum Gasteiger partial charge on any atom is -0.0100 e. The molecule has 0 aliphatic rings. The molecule has 0 heteroatoms. The van der Waals surface area contributed by atoms with Crippen molar-refractivity contribution in [3.63, 3.8) is 0 Å². The fourth-order valence-corrected chi connectivity index (χ4v) is 2.25. The molecular weight excluding hydrogens is 324 g/mol. The van der Waals surface area contributed by atoms with Gasteiger partial charge in [-0.15, -0.1) is 6.58 Å². The Morgan fingerprint density at radius 3 is 1.33 bits per heavy atom. The molecule has 0 nitrogen and oxygen atoms in total. The number of hydrogen-bond donors (Lipinski definition) is 0. The van der Waals surface area contributed by atoms with Crippen molar-refractivity contribution in [2.45, 2.75) is 6.42 Å². The molecule has 0 N–H and O–H groups in total. The van der Waals surface area contributed by atoms with E-state index in [4.69, 9.17) is 0 Å². The lowest BCUT2D eigenvalue weighted by molar-refractivity contribution is 1.28. The molecule has 0 atom stereocenters. The molecule has 0 aliphatic heterocycles. The van der Waals surface area contributed by atoms with Crippen LogP contribution in [0.25, 0.3) is 18.2 Å². The van der Waals surface area contributed by atoms with Crippen LogP contribution in [0.2, 0.25) is 0 Å². The van der Waals surface area contributed by atoms with Gasteiger partial charge in [0.25, 0.3) is 0 Å². The summed E-state index contributed by atoms with van der Waals surface area (Å²) in [6.07, 6.45) is 8.38. The van der Waals surface area contributed by atoms with Gasteiger partial charge in [0.15, 0.2) is 0 Å². The third-order valence-electron chi connectivity index (χ3n) is 3.69. The van der Waals surface area contributed by atoms with Gasteiger partial charge in [-0.25, -0.2) is 0 Å². The van der Waals surface area contributed by atoms with Crippen molar-refractivity contribution in [1.82, 2.24) is 0 Å². The van der Waals surface area contributed by atoms with Gasteiger partial charge in [0.1, 0.15) is 0 Å². The molecule has 0 aromatic heterocycles. The summed E-state index contributed by atoms with van der Waals surface area (Å²) in [6.45, 7) is 14.7. The predicted octanol–water partition coefficient (Wildman–Crippen LogP) is 7.72. The molecule has 27 heavy (non-hydrogen) atoms. The van der Waals surface area contributed by atoms with Gasteiger partial charge in [-0.05, 0) is 28.7 Å². The second-order valence-corrected chi connectivity index (χ2v) is 5.63. The van der Waals surface area contributed by atoms with Crippen molar-refractivity contribution in [3.8, 4) is 0 Å². The van der Waals surface area contributed by atoms with Gasteiger partial charge in [-0.2, -0.15) is 0 Å². The fourth-order valence-electron chi connectivity index (χ4n) is 2.25. The first kappa shape index (κ1) is 21.7. The molecule has 0 heterocycles. The minimum atomic E-state index is 0.973. The van der Waals surface area contributed by atoms with Crippen molar-refractivity contribution in [2.75, 3.05) is 0 Å². The average Bonchev–Trinajstić information content (AvgIpc) is 2.76. The van der Waals surface area contributed by atoms with E-state index in [0.717, 1.165) is 17.5 Å². The topological polar surface area (TPSA) is 0 Å². The van der Waals surface area contributed by atoms with Crippen LogP contribution in [-0.2, 0) is 6.42 Å². The molecule has 3 rings (SSSR count). The van der Waals surface area contributed by atoms with Crippen LogP contribution in [0, 0.1) is 0 Å². The Labute approximate surface area is 164 Å². The van der Waals surface area contributed by atoms with E-state index in [2.05, 4.69) is 38.4 Å². The highest BCUT2D eigenvalue weighted by Gasteiger charge is 1.89. The molecule has 0 saturated heterocycles. The Hall–Kier alpha value is -3.38. The third kappa shape index (κ3) is 9.04. The zero-order valence-corrected chi connectivity index (χ0v) is 15.9. The maximum absolute atomic E-state index is 3.69. The van der Waals surface area contributed by atoms with Gasteiger partial charge >= 0.3 is 0 Å². The molecular formula is C27H28. The first-order valence-corrected chi connectivity index (χ1v) is 8.91. The van der Waals surface area contributed by atoms with Crippen LogP contribution in [0.1, 0.15) is 22.3 Å². The van der Waals surface area contributed by atoms with E-state index in [1.54, 1.807) is 0 Å². The Balaban J connectivity index is 0.000000204. The van der Waals surface area contributed by atoms with Crippen LogP contribution in [-0.4, -0.2) is 0 Å². The molecule has 0 radical (unpaired) electrons. The molecule has 0 aliphatic carbocycles. The zero-order chi connectivity index (χ0) is 19.7. The highest BCUT2D eigenvalue weighted by molar-refractivity contribution is 5.63. The van der Waals surface area contributed by atoms with Gasteiger partial charge in [-0.1, -0.05) is 129 Å². The van der Waals surface area contributed by atoms with E-state index in [0.29, 0.717) is 0 Å². The monoisotopic (exact) mass is 352 g/mol. The van der Waals surface area contributed by atoms with Crippen LogP contribution >= 0.6 is 0 Å². The van der Waals surface area contributed by atoms with E-state index < -0.39 is 0 Å². The number of hydrogen-bond acceptors (Lipinski definition) is 0. The van der Waals surface area contributed by atoms with Gasteiger partial charge in [0.2, 0.25) is 0 Å². The Kier molecular flexibility index (Phi) is 11.1. The van der Waals surface area contributed by atoms with Gasteiger partial charge in [-0.3, -0.25) is 0 Å². The lowest BCUT2D eigenvalue weighted by atomic mass is 10.1. The molecule has 0 fully saturated rings. The largest absolute Gasteiger partial charge is 0.103 e. The summed E-state index contributed by atoms with van der Waals surface area (Å²) in [4.78, 5) is 0. The molecule has 0 spiro atoms. The molecule has 0 unspecified atom stereocenters. The summed E-state index contributed by atoms with van der Waals surface area (Å²) in [5, 5.41) is 0. The minimum absolute atomic E-state index is 0.973. The highest BCUT2D eigenvalue weighted by atomic mass is 13.9. The summed E-state index contributed by atoms with van der Waals surface area (Å²) in [6, 6.07) is 28.3. The first-order valence-electron chi connectivity index (χ1n) is 8.91. The molecule has 136 valence electrons. The lowest BCUT2D eigenvalue weighted by Gasteiger charge is -1.96. The van der Waals surface area contributed by atoms with Crippen LogP contribution in [0.5, 0.6) is 0 Å². The van der Waals surface area contributed by atoms with Crippen LogP contribution in [0.3, 0.4) is 0 Å². The number of rotatable bonds is 5. The summed E-state index contributed by atoms with van der Waals surface area (Å²) >= 11 is 0. The first-order chi connectivity index (χ1) is 13.2. The predicted molar refractivity (Wildman–Crippen MR) is 124 cm³/mol. The quantitative estimate of drug-likeness (QED) is 0.412. The summed E-state index contributed by atoms with van der Waals surface area (Å²) in [5.74, 6) is 0. The third-order valence-corrected chi connectivity index (χ3v) is 3.69. The van der Waals surface area contributed by atoms with Crippen molar-refractivity contribution in [1.29, 1.82) is 0 Å². The molecule has 0 bridgehead atoms. The Bertz CT molecular complexity index is 784. The Morgan fingerprint density at radius 2 is 0.963 bits per heavy atom. The van der Waals surface area contributed by atoms with Gasteiger partial charge in [0, 0.05) is 0 Å². The van der Waals surface area contributed by atoms with Crippen LogP contribution in [0.15, 0.2) is 117 Å². The van der Waals surface area contributed by atoms with Gasteiger partial charge < -0.3 is 0 Å². The average molecular weight is 353 g/mol. The molecule has 3 aromatic carbocycles. The van der Waals surface area contributed by atoms with E-state index >= 15 is 0 Å². The minimum Gasteiger partial charge on any atom is -0.103 e. The smallest absolute Gasteiger partial charge is 0.0100 e. The zero-order valence-electron chi connectivity index (χ0n) is 15.9. The second-order valence-electron chi connectivity index (χ2n) is 5.63. The molecule has 3 aromatic rings. The van der Waals surface area contributed by atoms with E-state index in [1.807, 2.05) is 97.1 Å². The number of benzene rings is 3. The van der Waals surface area contributed by atoms with Crippen molar-refractivity contribution in [3.05, 3.63) is 140 Å². The highest BCUT2D eigenvalue weighted by Crippen LogP contribution is 2.10. The summed E-state index contributed by atoms with van der Waals surface area (Å²) < 4.78 is 0. The van der Waals surface area contributed by atoms with Crippen LogP contribution in [0.4, 0.5) is 0 Å². The number of allylic oxidation sites excluding steroid dienone is 1. The van der Waals surface area contributed by atoms with Crippen molar-refractivity contribution in [2.24, 2.45) is 0 Å². The van der Waals surface area contributed by atoms with E-state index in [9.17, 15) is 0 Å². The molecule has 0 amide bonds. The lowest BCUT2D eigenvalue weighted by Crippen LogP contribution is -1.76. The maximum atomic E-state index is 3.69. The van der Waals surface area contributed by atoms with Crippen molar-refractivity contribution >= 4 is 18.2 Å². The fraction of sp³-hybridized carbons (Fsp3) is 0.0370. The summed E-state index contributed by atoms with van der Waals surface area (Å²) in [5.41, 5.74) is 4.77.